The molecule has 0 atom stereocenters. The molecule has 0 aliphatic heterocycles. The Kier molecular flexibility index (Phi) is 2.88. The molecule has 0 aliphatic carbocycles. The van der Waals surface area contributed by atoms with Crippen LogP contribution in [-0.4, -0.2) is 14.5 Å². The largest absolute Gasteiger partial charge is 0.315 e. The minimum atomic E-state index is -0.633. The minimum absolute atomic E-state index is 0.0141. The lowest BCUT2D eigenvalue weighted by Gasteiger charge is -2.04. The Morgan fingerprint density at radius 1 is 1.44 bits per heavy atom. The average molecular weight is 249 g/mol. The van der Waals surface area contributed by atoms with Crippen molar-refractivity contribution in [1.82, 2.24) is 9.55 Å². The van der Waals surface area contributed by atoms with Crippen LogP contribution in [0.3, 0.4) is 0 Å². The van der Waals surface area contributed by atoms with Crippen LogP contribution in [0.5, 0.6) is 0 Å². The third-order valence-electron chi connectivity index (χ3n) is 2.41. The van der Waals surface area contributed by atoms with Gasteiger partial charge in [-0.15, -0.1) is 0 Å². The molecule has 0 bridgehead atoms. The monoisotopic (exact) mass is 249 g/mol. The fraction of sp³-hybridized carbons (Fsp3) is 0.0909. The number of aryl methyl sites for hydroxylation is 1. The Morgan fingerprint density at radius 3 is 2.78 bits per heavy atom. The molecular formula is C11H8FN3O3. The van der Waals surface area contributed by atoms with E-state index in [2.05, 4.69) is 4.98 Å². The van der Waals surface area contributed by atoms with Gasteiger partial charge < -0.3 is 4.57 Å². The molecule has 2 aromatic rings. The van der Waals surface area contributed by atoms with Crippen molar-refractivity contribution < 1.29 is 9.31 Å². The summed E-state index contributed by atoms with van der Waals surface area (Å²) in [4.78, 5) is 24.9. The highest BCUT2D eigenvalue weighted by Gasteiger charge is 2.13. The van der Waals surface area contributed by atoms with Crippen LogP contribution in [0.25, 0.3) is 11.3 Å². The summed E-state index contributed by atoms with van der Waals surface area (Å²) in [6.07, 6.45) is 2.36. The molecule has 7 heteroatoms. The van der Waals surface area contributed by atoms with Gasteiger partial charge in [0.2, 0.25) is 0 Å². The summed E-state index contributed by atoms with van der Waals surface area (Å²) in [5.41, 5.74) is -0.426. The number of nitrogens with zero attached hydrogens (tertiary/aromatic N) is 3. The van der Waals surface area contributed by atoms with Gasteiger partial charge in [0.05, 0.1) is 16.8 Å². The first-order valence-corrected chi connectivity index (χ1v) is 4.96. The van der Waals surface area contributed by atoms with Gasteiger partial charge in [0, 0.05) is 30.9 Å². The van der Waals surface area contributed by atoms with Crippen LogP contribution in [-0.2, 0) is 7.05 Å². The van der Waals surface area contributed by atoms with Crippen molar-refractivity contribution in [2.24, 2.45) is 7.05 Å². The fourth-order valence-electron chi connectivity index (χ4n) is 1.46. The number of nitro benzene ring substituents is 1. The van der Waals surface area contributed by atoms with Crippen LogP contribution >= 0.6 is 0 Å². The van der Waals surface area contributed by atoms with Gasteiger partial charge in [-0.25, -0.2) is 9.37 Å². The number of rotatable bonds is 2. The fourth-order valence-corrected chi connectivity index (χ4v) is 1.46. The van der Waals surface area contributed by atoms with Gasteiger partial charge >= 0.3 is 0 Å². The van der Waals surface area contributed by atoms with Gasteiger partial charge in [-0.1, -0.05) is 0 Å². The minimum Gasteiger partial charge on any atom is -0.315 e. The lowest BCUT2D eigenvalue weighted by Crippen LogP contribution is -2.15. The maximum atomic E-state index is 13.6. The van der Waals surface area contributed by atoms with Crippen molar-refractivity contribution in [3.8, 4) is 11.3 Å². The molecule has 0 unspecified atom stereocenters. The van der Waals surface area contributed by atoms with E-state index in [1.165, 1.54) is 17.8 Å². The zero-order valence-electron chi connectivity index (χ0n) is 9.33. The normalized spacial score (nSPS) is 10.3. The summed E-state index contributed by atoms with van der Waals surface area (Å²) in [6, 6.07) is 3.16. The van der Waals surface area contributed by atoms with Crippen molar-refractivity contribution >= 4 is 5.69 Å². The molecule has 92 valence electrons. The standard InChI is InChI=1S/C11H8FN3O3/c1-14-6-10(13-5-11(14)16)8-4-7(15(17)18)2-3-9(8)12/h2-6H,1H3. The van der Waals surface area contributed by atoms with Crippen LogP contribution in [0.4, 0.5) is 10.1 Å². The van der Waals surface area contributed by atoms with Gasteiger partial charge in [-0.3, -0.25) is 14.9 Å². The van der Waals surface area contributed by atoms with Crippen LogP contribution in [0, 0.1) is 15.9 Å². The van der Waals surface area contributed by atoms with E-state index >= 15 is 0 Å². The molecule has 0 saturated carbocycles. The Bertz CT molecular complexity index is 681. The molecule has 1 aromatic heterocycles. The Balaban J connectivity index is 2.62. The summed E-state index contributed by atoms with van der Waals surface area (Å²) >= 11 is 0. The number of hydrogen-bond acceptors (Lipinski definition) is 4. The lowest BCUT2D eigenvalue weighted by molar-refractivity contribution is -0.384. The number of hydrogen-bond donors (Lipinski definition) is 0. The van der Waals surface area contributed by atoms with E-state index in [4.69, 9.17) is 0 Å². The first kappa shape index (κ1) is 11.9. The SMILES string of the molecule is Cn1cc(-c2cc([N+](=O)[O-])ccc2F)ncc1=O. The predicted octanol–water partition coefficient (Wildman–Crippen LogP) is 1.49. The molecule has 0 N–H and O–H groups in total. The zero-order chi connectivity index (χ0) is 13.3. The van der Waals surface area contributed by atoms with E-state index in [0.29, 0.717) is 0 Å². The van der Waals surface area contributed by atoms with Crippen molar-refractivity contribution in [1.29, 1.82) is 0 Å². The second-order valence-electron chi connectivity index (χ2n) is 3.64. The van der Waals surface area contributed by atoms with E-state index in [1.54, 1.807) is 0 Å². The van der Waals surface area contributed by atoms with Gasteiger partial charge in [-0.2, -0.15) is 0 Å². The summed E-state index contributed by atoms with van der Waals surface area (Å²) in [5, 5.41) is 10.6. The smallest absolute Gasteiger partial charge is 0.270 e. The highest BCUT2D eigenvalue weighted by molar-refractivity contribution is 5.62. The van der Waals surface area contributed by atoms with Crippen LogP contribution in [0.15, 0.2) is 35.4 Å². The van der Waals surface area contributed by atoms with Crippen molar-refractivity contribution in [2.75, 3.05) is 0 Å². The van der Waals surface area contributed by atoms with E-state index in [0.717, 1.165) is 24.4 Å². The van der Waals surface area contributed by atoms with Crippen LogP contribution in [0.2, 0.25) is 0 Å². The average Bonchev–Trinajstić information content (AvgIpc) is 2.33. The highest BCUT2D eigenvalue weighted by atomic mass is 19.1. The lowest BCUT2D eigenvalue weighted by atomic mass is 10.1. The summed E-state index contributed by atoms with van der Waals surface area (Å²) in [5.74, 6) is -0.633. The highest BCUT2D eigenvalue weighted by Crippen LogP contribution is 2.24. The van der Waals surface area contributed by atoms with E-state index in [1.807, 2.05) is 0 Å². The molecule has 0 saturated heterocycles. The Labute approximate surface area is 100 Å². The van der Waals surface area contributed by atoms with E-state index in [-0.39, 0.29) is 22.5 Å². The number of aromatic nitrogens is 2. The number of halogens is 1. The number of non-ortho nitro benzene ring substituents is 1. The maximum Gasteiger partial charge on any atom is 0.270 e. The molecule has 0 amide bonds. The first-order valence-electron chi connectivity index (χ1n) is 4.96. The summed E-state index contributed by atoms with van der Waals surface area (Å²) in [6.45, 7) is 0. The first-order chi connectivity index (χ1) is 8.49. The third kappa shape index (κ3) is 2.10. The third-order valence-corrected chi connectivity index (χ3v) is 2.41. The molecule has 1 heterocycles. The molecule has 2 rings (SSSR count). The summed E-state index contributed by atoms with van der Waals surface area (Å²) in [7, 11) is 1.49. The second kappa shape index (κ2) is 4.36. The van der Waals surface area contributed by atoms with Crippen LogP contribution in [0.1, 0.15) is 0 Å². The predicted molar refractivity (Wildman–Crippen MR) is 61.5 cm³/mol. The summed E-state index contributed by atoms with van der Waals surface area (Å²) < 4.78 is 14.8. The van der Waals surface area contributed by atoms with Crippen molar-refractivity contribution in [3.05, 3.63) is 56.9 Å². The molecule has 0 fully saturated rings. The van der Waals surface area contributed by atoms with Gasteiger partial charge in [0.25, 0.3) is 11.2 Å². The van der Waals surface area contributed by atoms with Gasteiger partial charge in [0.15, 0.2) is 0 Å². The molecule has 18 heavy (non-hydrogen) atoms. The molecular weight excluding hydrogens is 241 g/mol. The quantitative estimate of drug-likeness (QED) is 0.596. The Morgan fingerprint density at radius 2 is 2.17 bits per heavy atom. The number of benzene rings is 1. The molecule has 0 spiro atoms. The Hall–Kier alpha value is -2.57. The molecule has 0 radical (unpaired) electrons. The molecule has 6 nitrogen and oxygen atoms in total. The number of nitro groups is 1. The van der Waals surface area contributed by atoms with Gasteiger partial charge in [0.1, 0.15) is 5.82 Å². The van der Waals surface area contributed by atoms with E-state index < -0.39 is 10.7 Å². The molecule has 1 aromatic carbocycles. The van der Waals surface area contributed by atoms with E-state index in [9.17, 15) is 19.3 Å². The topological polar surface area (TPSA) is 78.0 Å². The second-order valence-corrected chi connectivity index (χ2v) is 3.64. The molecule has 0 aliphatic rings. The van der Waals surface area contributed by atoms with Crippen LogP contribution < -0.4 is 5.56 Å². The van der Waals surface area contributed by atoms with Crippen molar-refractivity contribution in [2.45, 2.75) is 0 Å². The maximum absolute atomic E-state index is 13.6. The van der Waals surface area contributed by atoms with Crippen molar-refractivity contribution in [3.63, 3.8) is 0 Å². The zero-order valence-corrected chi connectivity index (χ0v) is 9.33. The van der Waals surface area contributed by atoms with Gasteiger partial charge in [-0.05, 0) is 6.07 Å².